The van der Waals surface area contributed by atoms with Crippen LogP contribution in [0.3, 0.4) is 0 Å². The van der Waals surface area contributed by atoms with Gasteiger partial charge in [-0.1, -0.05) is 56.1 Å². The van der Waals surface area contributed by atoms with Crippen molar-refractivity contribution in [2.75, 3.05) is 20.0 Å². The van der Waals surface area contributed by atoms with E-state index in [9.17, 15) is 0 Å². The Morgan fingerprint density at radius 1 is 0.609 bits per heavy atom. The van der Waals surface area contributed by atoms with Gasteiger partial charge in [-0.25, -0.2) is 0 Å². The summed E-state index contributed by atoms with van der Waals surface area (Å²) in [6.07, 6.45) is 4.11. The van der Waals surface area contributed by atoms with E-state index in [2.05, 4.69) is 80.4 Å². The van der Waals surface area contributed by atoms with Crippen molar-refractivity contribution in [1.82, 2.24) is 0 Å². The van der Waals surface area contributed by atoms with Crippen LogP contribution < -0.4 is 0 Å². The SMILES string of the molecule is Brc1ccc(CCCOCOCCCc2ccc(Br)cc2)cc1. The number of ether oxygens (including phenoxy) is 2. The zero-order valence-electron chi connectivity index (χ0n) is 13.1. The molecule has 4 heteroatoms. The molecule has 0 spiro atoms. The summed E-state index contributed by atoms with van der Waals surface area (Å²) in [5, 5.41) is 0. The summed E-state index contributed by atoms with van der Waals surface area (Å²) in [5.74, 6) is 0. The predicted octanol–water partition coefficient (Wildman–Crippen LogP) is 5.77. The molecule has 0 atom stereocenters. The molecule has 2 aromatic carbocycles. The molecule has 124 valence electrons. The Morgan fingerprint density at radius 2 is 1.00 bits per heavy atom. The molecule has 2 aromatic rings. The van der Waals surface area contributed by atoms with E-state index in [1.807, 2.05) is 0 Å². The number of aryl methyl sites for hydroxylation is 2. The van der Waals surface area contributed by atoms with E-state index in [-0.39, 0.29) is 0 Å². The highest BCUT2D eigenvalue weighted by molar-refractivity contribution is 9.10. The molecule has 0 aliphatic heterocycles. The van der Waals surface area contributed by atoms with Crippen LogP contribution >= 0.6 is 31.9 Å². The molecule has 0 radical (unpaired) electrons. The molecule has 0 heterocycles. The van der Waals surface area contributed by atoms with Gasteiger partial charge in [0.1, 0.15) is 6.79 Å². The van der Waals surface area contributed by atoms with Crippen LogP contribution in [0.5, 0.6) is 0 Å². The summed E-state index contributed by atoms with van der Waals surface area (Å²) in [6.45, 7) is 1.87. The quantitative estimate of drug-likeness (QED) is 0.344. The summed E-state index contributed by atoms with van der Waals surface area (Å²) >= 11 is 6.89. The van der Waals surface area contributed by atoms with Crippen molar-refractivity contribution in [2.24, 2.45) is 0 Å². The lowest BCUT2D eigenvalue weighted by molar-refractivity contribution is -0.0547. The van der Waals surface area contributed by atoms with Crippen molar-refractivity contribution in [2.45, 2.75) is 25.7 Å². The maximum absolute atomic E-state index is 5.51. The minimum absolute atomic E-state index is 0.390. The lowest BCUT2D eigenvalue weighted by Gasteiger charge is -2.06. The molecule has 2 rings (SSSR count). The van der Waals surface area contributed by atoms with Gasteiger partial charge in [-0.2, -0.15) is 0 Å². The molecular weight excluding hydrogens is 420 g/mol. The van der Waals surface area contributed by atoms with Crippen LogP contribution in [-0.4, -0.2) is 20.0 Å². The molecule has 0 N–H and O–H groups in total. The van der Waals surface area contributed by atoms with Crippen molar-refractivity contribution in [3.05, 3.63) is 68.6 Å². The van der Waals surface area contributed by atoms with Gasteiger partial charge < -0.3 is 9.47 Å². The van der Waals surface area contributed by atoms with E-state index in [4.69, 9.17) is 9.47 Å². The highest BCUT2D eigenvalue weighted by Crippen LogP contribution is 2.12. The Balaban J connectivity index is 1.43. The van der Waals surface area contributed by atoms with E-state index < -0.39 is 0 Å². The van der Waals surface area contributed by atoms with Gasteiger partial charge in [-0.05, 0) is 61.1 Å². The highest BCUT2D eigenvalue weighted by atomic mass is 79.9. The van der Waals surface area contributed by atoms with E-state index >= 15 is 0 Å². The molecule has 0 fully saturated rings. The normalized spacial score (nSPS) is 10.9. The van der Waals surface area contributed by atoms with Crippen LogP contribution in [0.2, 0.25) is 0 Å². The fourth-order valence-corrected chi connectivity index (χ4v) is 2.76. The van der Waals surface area contributed by atoms with Gasteiger partial charge in [0.25, 0.3) is 0 Å². The van der Waals surface area contributed by atoms with Crippen molar-refractivity contribution < 1.29 is 9.47 Å². The Kier molecular flexibility index (Phi) is 8.90. The first-order valence-corrected chi connectivity index (χ1v) is 9.47. The molecule has 0 aromatic heterocycles. The molecule has 0 unspecified atom stereocenters. The van der Waals surface area contributed by atoms with Gasteiger partial charge in [-0.3, -0.25) is 0 Å². The topological polar surface area (TPSA) is 18.5 Å². The van der Waals surface area contributed by atoms with E-state index in [1.54, 1.807) is 0 Å². The minimum Gasteiger partial charge on any atom is -0.355 e. The van der Waals surface area contributed by atoms with Crippen molar-refractivity contribution >= 4 is 31.9 Å². The van der Waals surface area contributed by atoms with Crippen molar-refractivity contribution in [3.63, 3.8) is 0 Å². The van der Waals surface area contributed by atoms with E-state index in [0.29, 0.717) is 6.79 Å². The molecular formula is C19H22Br2O2. The van der Waals surface area contributed by atoms with Crippen molar-refractivity contribution in [1.29, 1.82) is 0 Å². The third-order valence-corrected chi connectivity index (χ3v) is 4.56. The van der Waals surface area contributed by atoms with E-state index in [0.717, 1.165) is 47.8 Å². The average Bonchev–Trinajstić information content (AvgIpc) is 2.56. The number of rotatable bonds is 10. The molecule has 0 amide bonds. The Morgan fingerprint density at radius 3 is 1.39 bits per heavy atom. The minimum atomic E-state index is 0.390. The monoisotopic (exact) mass is 440 g/mol. The van der Waals surface area contributed by atoms with Crippen LogP contribution in [-0.2, 0) is 22.3 Å². The lowest BCUT2D eigenvalue weighted by Crippen LogP contribution is -2.04. The van der Waals surface area contributed by atoms with Gasteiger partial charge in [0, 0.05) is 22.2 Å². The zero-order valence-corrected chi connectivity index (χ0v) is 16.3. The zero-order chi connectivity index (χ0) is 16.3. The van der Waals surface area contributed by atoms with Crippen LogP contribution in [0.1, 0.15) is 24.0 Å². The molecule has 2 nitrogen and oxygen atoms in total. The summed E-state index contributed by atoms with van der Waals surface area (Å²) in [5.41, 5.74) is 2.68. The second-order valence-corrected chi connectivity index (χ2v) is 7.23. The summed E-state index contributed by atoms with van der Waals surface area (Å²) in [6, 6.07) is 16.9. The second-order valence-electron chi connectivity index (χ2n) is 5.39. The maximum Gasteiger partial charge on any atom is 0.146 e. The summed E-state index contributed by atoms with van der Waals surface area (Å²) in [7, 11) is 0. The molecule has 23 heavy (non-hydrogen) atoms. The average molecular weight is 442 g/mol. The number of hydrogen-bond acceptors (Lipinski definition) is 2. The molecule has 0 bridgehead atoms. The molecule has 0 aliphatic rings. The van der Waals surface area contributed by atoms with Crippen molar-refractivity contribution in [3.8, 4) is 0 Å². The van der Waals surface area contributed by atoms with Gasteiger partial charge in [0.2, 0.25) is 0 Å². The first-order valence-electron chi connectivity index (χ1n) is 7.88. The lowest BCUT2D eigenvalue weighted by atomic mass is 10.1. The first-order chi connectivity index (χ1) is 11.2. The van der Waals surface area contributed by atoms with Gasteiger partial charge in [0.05, 0.1) is 0 Å². The fraction of sp³-hybridized carbons (Fsp3) is 0.368. The second kappa shape index (κ2) is 11.0. The summed E-state index contributed by atoms with van der Waals surface area (Å²) in [4.78, 5) is 0. The standard InChI is InChI=1S/C19H22Br2O2/c20-18-9-5-16(6-10-18)3-1-13-22-15-23-14-2-4-17-7-11-19(21)12-8-17/h5-12H,1-4,13-15H2. The Labute approximate surface area is 155 Å². The van der Waals surface area contributed by atoms with Gasteiger partial charge in [-0.15, -0.1) is 0 Å². The van der Waals surface area contributed by atoms with Crippen LogP contribution in [0.4, 0.5) is 0 Å². The smallest absolute Gasteiger partial charge is 0.146 e. The van der Waals surface area contributed by atoms with Gasteiger partial charge >= 0.3 is 0 Å². The fourth-order valence-electron chi connectivity index (χ4n) is 2.24. The number of halogens is 2. The third-order valence-electron chi connectivity index (χ3n) is 3.50. The summed E-state index contributed by atoms with van der Waals surface area (Å²) < 4.78 is 13.3. The van der Waals surface area contributed by atoms with Gasteiger partial charge in [0.15, 0.2) is 0 Å². The first kappa shape index (κ1) is 18.7. The largest absolute Gasteiger partial charge is 0.355 e. The Bertz CT molecular complexity index is 501. The number of benzene rings is 2. The Hall–Kier alpha value is -0.680. The molecule has 0 aliphatic carbocycles. The van der Waals surface area contributed by atoms with Crippen LogP contribution in [0.15, 0.2) is 57.5 Å². The molecule has 0 saturated carbocycles. The predicted molar refractivity (Wildman–Crippen MR) is 102 cm³/mol. The van der Waals surface area contributed by atoms with E-state index in [1.165, 1.54) is 11.1 Å². The number of hydrogen-bond donors (Lipinski definition) is 0. The third kappa shape index (κ3) is 8.11. The molecule has 0 saturated heterocycles. The maximum atomic E-state index is 5.51. The van der Waals surface area contributed by atoms with Crippen LogP contribution in [0.25, 0.3) is 0 Å². The van der Waals surface area contributed by atoms with Crippen LogP contribution in [0, 0.1) is 0 Å². The highest BCUT2D eigenvalue weighted by Gasteiger charge is 1.96.